The molecule has 4 heteroatoms. The number of aliphatic hydroxyl groups excluding tert-OH is 1. The van der Waals surface area contributed by atoms with Gasteiger partial charge in [-0.15, -0.1) is 0 Å². The summed E-state index contributed by atoms with van der Waals surface area (Å²) in [7, 11) is 0. The van der Waals surface area contributed by atoms with Crippen LogP contribution in [0.1, 0.15) is 28.9 Å². The van der Waals surface area contributed by atoms with E-state index in [0.29, 0.717) is 17.0 Å². The number of nitrogens with two attached hydrogens (primary N) is 1. The fourth-order valence-electron chi connectivity index (χ4n) is 1.95. The second-order valence-corrected chi connectivity index (χ2v) is 5.12. The Morgan fingerprint density at radius 2 is 1.89 bits per heavy atom. The largest absolute Gasteiger partial charge is 0.452 e. The van der Waals surface area contributed by atoms with E-state index in [-0.39, 0.29) is 5.92 Å². The van der Waals surface area contributed by atoms with Crippen LogP contribution in [0.4, 0.5) is 0 Å². The van der Waals surface area contributed by atoms with E-state index < -0.39 is 6.10 Å². The predicted molar refractivity (Wildman–Crippen MR) is 74.3 cm³/mol. The molecule has 1 aromatic carbocycles. The van der Waals surface area contributed by atoms with E-state index in [1.807, 2.05) is 31.2 Å². The molecular weight excluding hydrogens is 294 g/mol. The Morgan fingerprint density at radius 1 is 1.22 bits per heavy atom. The number of aryl methyl sites for hydroxylation is 1. The lowest BCUT2D eigenvalue weighted by Gasteiger charge is -2.20. The van der Waals surface area contributed by atoms with E-state index in [0.717, 1.165) is 5.56 Å². The molecule has 0 radical (unpaired) electrons. The lowest BCUT2D eigenvalue weighted by molar-refractivity contribution is 0.120. The second kappa shape index (κ2) is 5.69. The van der Waals surface area contributed by atoms with E-state index >= 15 is 0 Å². The first kappa shape index (κ1) is 13.3. The van der Waals surface area contributed by atoms with Gasteiger partial charge < -0.3 is 15.3 Å². The van der Waals surface area contributed by atoms with Crippen LogP contribution >= 0.6 is 15.9 Å². The van der Waals surface area contributed by atoms with E-state index in [1.165, 1.54) is 5.56 Å². The second-order valence-electron chi connectivity index (χ2n) is 4.34. The molecule has 0 saturated carbocycles. The van der Waals surface area contributed by atoms with Gasteiger partial charge in [0.25, 0.3) is 0 Å². The van der Waals surface area contributed by atoms with Crippen LogP contribution in [-0.4, -0.2) is 11.7 Å². The van der Waals surface area contributed by atoms with Crippen LogP contribution in [0.15, 0.2) is 45.5 Å². The van der Waals surface area contributed by atoms with Crippen LogP contribution in [0.5, 0.6) is 0 Å². The number of hydrogen-bond acceptors (Lipinski definition) is 3. The molecular formula is C14H16BrNO2. The summed E-state index contributed by atoms with van der Waals surface area (Å²) in [5.41, 5.74) is 7.98. The van der Waals surface area contributed by atoms with Crippen LogP contribution in [0.3, 0.4) is 0 Å². The molecule has 0 saturated heterocycles. The standard InChI is InChI=1S/C14H16BrNO2/c1-9-2-4-10(5-3-9)11(8-16)14(17)12-6-7-13(15)18-12/h2-7,11,14,17H,8,16H2,1H3. The minimum atomic E-state index is -0.732. The van der Waals surface area contributed by atoms with Crippen molar-refractivity contribution in [2.24, 2.45) is 5.73 Å². The summed E-state index contributed by atoms with van der Waals surface area (Å²) in [6.45, 7) is 2.39. The first-order chi connectivity index (χ1) is 8.61. The number of rotatable bonds is 4. The highest BCUT2D eigenvalue weighted by atomic mass is 79.9. The van der Waals surface area contributed by atoms with Crippen LogP contribution in [0.25, 0.3) is 0 Å². The Balaban J connectivity index is 2.25. The molecule has 1 heterocycles. The molecule has 2 unspecified atom stereocenters. The maximum absolute atomic E-state index is 10.3. The zero-order chi connectivity index (χ0) is 13.1. The van der Waals surface area contributed by atoms with Gasteiger partial charge in [-0.25, -0.2) is 0 Å². The summed E-state index contributed by atoms with van der Waals surface area (Å²) >= 11 is 3.23. The van der Waals surface area contributed by atoms with Crippen LogP contribution in [0, 0.1) is 6.92 Å². The van der Waals surface area contributed by atoms with Crippen molar-refractivity contribution in [3.63, 3.8) is 0 Å². The molecule has 0 aliphatic carbocycles. The van der Waals surface area contributed by atoms with Gasteiger partial charge in [-0.2, -0.15) is 0 Å². The summed E-state index contributed by atoms with van der Waals surface area (Å²) in [6, 6.07) is 11.5. The molecule has 0 bridgehead atoms. The predicted octanol–water partition coefficient (Wildman–Crippen LogP) is 3.13. The quantitative estimate of drug-likeness (QED) is 0.912. The number of furan rings is 1. The molecule has 96 valence electrons. The Labute approximate surface area is 115 Å². The van der Waals surface area contributed by atoms with Gasteiger partial charge in [-0.3, -0.25) is 0 Å². The number of aliphatic hydroxyl groups is 1. The van der Waals surface area contributed by atoms with Gasteiger partial charge in [0.1, 0.15) is 11.9 Å². The zero-order valence-corrected chi connectivity index (χ0v) is 11.7. The smallest absolute Gasteiger partial charge is 0.169 e. The molecule has 0 fully saturated rings. The van der Waals surface area contributed by atoms with Crippen molar-refractivity contribution in [2.45, 2.75) is 18.9 Å². The fraction of sp³-hybridized carbons (Fsp3) is 0.286. The zero-order valence-electron chi connectivity index (χ0n) is 10.1. The molecule has 0 aliphatic rings. The van der Waals surface area contributed by atoms with Crippen LogP contribution < -0.4 is 5.73 Å². The number of benzene rings is 1. The van der Waals surface area contributed by atoms with Crippen LogP contribution in [-0.2, 0) is 0 Å². The van der Waals surface area contributed by atoms with Gasteiger partial charge in [0.2, 0.25) is 0 Å². The third-order valence-corrected chi connectivity index (χ3v) is 3.45. The van der Waals surface area contributed by atoms with Crippen molar-refractivity contribution < 1.29 is 9.52 Å². The number of halogens is 1. The molecule has 0 amide bonds. The SMILES string of the molecule is Cc1ccc(C(CN)C(O)c2ccc(Br)o2)cc1. The summed E-state index contributed by atoms with van der Waals surface area (Å²) < 4.78 is 5.99. The van der Waals surface area contributed by atoms with E-state index in [1.54, 1.807) is 12.1 Å². The Hall–Kier alpha value is -1.10. The maximum Gasteiger partial charge on any atom is 0.169 e. The molecule has 0 spiro atoms. The Morgan fingerprint density at radius 3 is 2.39 bits per heavy atom. The van der Waals surface area contributed by atoms with Gasteiger partial charge in [-0.05, 0) is 40.5 Å². The first-order valence-corrected chi connectivity index (χ1v) is 6.61. The number of hydrogen-bond donors (Lipinski definition) is 2. The van der Waals surface area contributed by atoms with Gasteiger partial charge in [0, 0.05) is 12.5 Å². The summed E-state index contributed by atoms with van der Waals surface area (Å²) in [5.74, 6) is 0.363. The minimum Gasteiger partial charge on any atom is -0.452 e. The molecule has 3 nitrogen and oxygen atoms in total. The molecule has 2 rings (SSSR count). The molecule has 3 N–H and O–H groups in total. The molecule has 0 aliphatic heterocycles. The van der Waals surface area contributed by atoms with Crippen molar-refractivity contribution in [1.82, 2.24) is 0 Å². The average molecular weight is 310 g/mol. The lowest BCUT2D eigenvalue weighted by atomic mass is 9.91. The van der Waals surface area contributed by atoms with Crippen molar-refractivity contribution in [2.75, 3.05) is 6.54 Å². The highest BCUT2D eigenvalue weighted by Crippen LogP contribution is 2.32. The van der Waals surface area contributed by atoms with Gasteiger partial charge in [-0.1, -0.05) is 29.8 Å². The van der Waals surface area contributed by atoms with Crippen molar-refractivity contribution in [3.8, 4) is 0 Å². The summed E-state index contributed by atoms with van der Waals surface area (Å²) in [4.78, 5) is 0. The molecule has 1 aromatic heterocycles. The third-order valence-electron chi connectivity index (χ3n) is 3.03. The lowest BCUT2D eigenvalue weighted by Crippen LogP contribution is -2.19. The highest BCUT2D eigenvalue weighted by Gasteiger charge is 2.24. The summed E-state index contributed by atoms with van der Waals surface area (Å²) in [6.07, 6.45) is -0.732. The summed E-state index contributed by atoms with van der Waals surface area (Å²) in [5, 5.41) is 10.3. The van der Waals surface area contributed by atoms with Gasteiger partial charge in [0.15, 0.2) is 4.67 Å². The fourth-order valence-corrected chi connectivity index (χ4v) is 2.27. The first-order valence-electron chi connectivity index (χ1n) is 5.81. The van der Waals surface area contributed by atoms with E-state index in [4.69, 9.17) is 10.2 Å². The van der Waals surface area contributed by atoms with E-state index in [9.17, 15) is 5.11 Å². The van der Waals surface area contributed by atoms with Crippen molar-refractivity contribution in [3.05, 3.63) is 58.0 Å². The van der Waals surface area contributed by atoms with E-state index in [2.05, 4.69) is 15.9 Å². The molecule has 2 aromatic rings. The van der Waals surface area contributed by atoms with Crippen LogP contribution in [0.2, 0.25) is 0 Å². The molecule has 2 atom stereocenters. The van der Waals surface area contributed by atoms with Gasteiger partial charge >= 0.3 is 0 Å². The topological polar surface area (TPSA) is 59.4 Å². The maximum atomic E-state index is 10.3. The minimum absolute atomic E-state index is 0.163. The third kappa shape index (κ3) is 2.83. The van der Waals surface area contributed by atoms with Crippen molar-refractivity contribution in [1.29, 1.82) is 0 Å². The normalized spacial score (nSPS) is 14.4. The highest BCUT2D eigenvalue weighted by molar-refractivity contribution is 9.10. The molecule has 18 heavy (non-hydrogen) atoms. The Bertz CT molecular complexity index is 507. The van der Waals surface area contributed by atoms with Crippen molar-refractivity contribution >= 4 is 15.9 Å². The van der Waals surface area contributed by atoms with Gasteiger partial charge in [0.05, 0.1) is 0 Å². The average Bonchev–Trinajstić information content (AvgIpc) is 2.79. The monoisotopic (exact) mass is 309 g/mol. The Kier molecular flexibility index (Phi) is 4.22.